The van der Waals surface area contributed by atoms with Crippen LogP contribution in [-0.2, 0) is 56.0 Å². The number of guanidine groups is 2. The van der Waals surface area contributed by atoms with Crippen molar-refractivity contribution in [3.05, 3.63) is 71.8 Å². The highest BCUT2D eigenvalue weighted by molar-refractivity contribution is 5.97. The average Bonchev–Trinajstić information content (AvgIpc) is 3.26. The molecule has 24 heteroatoms. The second-order valence-electron chi connectivity index (χ2n) is 14.9. The smallest absolute Gasteiger partial charge is 0.243 e. The number of hydrogen-bond donors (Lipinski definition) is 13. The van der Waals surface area contributed by atoms with Gasteiger partial charge >= 0.3 is 0 Å². The van der Waals surface area contributed by atoms with Gasteiger partial charge in [0.1, 0.15) is 30.2 Å². The lowest BCUT2D eigenvalue weighted by Gasteiger charge is -2.26. The van der Waals surface area contributed by atoms with E-state index in [9.17, 15) is 43.2 Å². The van der Waals surface area contributed by atoms with Gasteiger partial charge in [-0.3, -0.25) is 53.1 Å². The molecule has 0 bridgehead atoms. The number of nitrogens with zero attached hydrogens (tertiary/aromatic N) is 2. The number of nitrogens with two attached hydrogens (primary N) is 5. The Morgan fingerprint density at radius 3 is 1.20 bits per heavy atom. The molecule has 2 aromatic rings. The molecule has 0 spiro atoms. The summed E-state index contributed by atoms with van der Waals surface area (Å²) in [6, 6.07) is 10.5. The number of carbonyl (C=O) groups is 9. The summed E-state index contributed by atoms with van der Waals surface area (Å²) in [4.78, 5) is 128. The van der Waals surface area contributed by atoms with E-state index in [0.29, 0.717) is 11.1 Å². The number of hydrogen-bond acceptors (Lipinski definition) is 11. The minimum Gasteiger partial charge on any atom is -0.370 e. The zero-order chi connectivity index (χ0) is 47.7. The first-order valence-corrected chi connectivity index (χ1v) is 20.8. The third-order valence-corrected chi connectivity index (χ3v) is 9.63. The standard InChI is InChI=1S/C41H59N15O9/c42-31(57)16-15-28-39(65)56-30(20-25-11-5-2-6-12-25)37(63)51-23-34(60)54-29(19-24-9-3-1-4-10-24)36(62)50-22-32(58)52-26(13-7-17-47-40(43)44)35(61)49-21-33(59)53-27(38(64)55-28)14-8-18-48-41(45)46/h1-6,9-12,26-30H,7-8,13-23H2,(H2,42,57)(H,49,61)(H,50,62)(H,51,63)(H,52,58)(H,53,59)(H,54,60)(H,55,64)(H,56,65)(H4,43,44,47)(H4,45,46,48)/t26-,27-,28-,29-,30-/m0/s1. The SMILES string of the molecule is NC(=O)CC[C@@H]1NC(=O)[C@H](CCCN=C(N)N)NC(=O)CNC(=O)[C@H](CCCN=C(N)N)NC(=O)CNC(=O)[C@H](Cc2ccccc2)NC(=O)CNC(=O)[C@H](Cc2ccccc2)NC1=O. The van der Waals surface area contributed by atoms with Crippen LogP contribution in [0.25, 0.3) is 0 Å². The molecule has 1 aliphatic heterocycles. The van der Waals surface area contributed by atoms with Gasteiger partial charge in [0.2, 0.25) is 53.2 Å². The van der Waals surface area contributed by atoms with Crippen molar-refractivity contribution in [1.82, 2.24) is 42.5 Å². The van der Waals surface area contributed by atoms with E-state index in [0.717, 1.165) is 0 Å². The second kappa shape index (κ2) is 27.3. The van der Waals surface area contributed by atoms with E-state index >= 15 is 0 Å². The molecule has 0 aromatic heterocycles. The molecule has 0 saturated carbocycles. The topological polar surface area (TPSA) is 405 Å². The molecule has 2 aromatic carbocycles. The maximum Gasteiger partial charge on any atom is 0.243 e. The highest BCUT2D eigenvalue weighted by atomic mass is 16.2. The summed E-state index contributed by atoms with van der Waals surface area (Å²) in [6.45, 7) is -1.83. The highest BCUT2D eigenvalue weighted by Gasteiger charge is 2.31. The van der Waals surface area contributed by atoms with Gasteiger partial charge in [-0.1, -0.05) is 60.7 Å². The summed E-state index contributed by atoms with van der Waals surface area (Å²) in [5.41, 5.74) is 28.4. The van der Waals surface area contributed by atoms with Gasteiger partial charge in [0.25, 0.3) is 0 Å². The van der Waals surface area contributed by atoms with Crippen molar-refractivity contribution in [2.45, 2.75) is 81.6 Å². The zero-order valence-electron chi connectivity index (χ0n) is 35.8. The van der Waals surface area contributed by atoms with Crippen LogP contribution in [0.1, 0.15) is 49.7 Å². The lowest BCUT2D eigenvalue weighted by atomic mass is 10.0. The third kappa shape index (κ3) is 20.3. The van der Waals surface area contributed by atoms with E-state index in [4.69, 9.17) is 28.7 Å². The van der Waals surface area contributed by atoms with Gasteiger partial charge in [-0.25, -0.2) is 0 Å². The van der Waals surface area contributed by atoms with Gasteiger partial charge in [0.15, 0.2) is 11.9 Å². The molecule has 3 rings (SSSR count). The molecule has 5 atom stereocenters. The molecule has 18 N–H and O–H groups in total. The van der Waals surface area contributed by atoms with Gasteiger partial charge in [0, 0.05) is 32.4 Å². The molecule has 24 nitrogen and oxygen atoms in total. The van der Waals surface area contributed by atoms with E-state index in [2.05, 4.69) is 52.5 Å². The number of carbonyl (C=O) groups excluding carboxylic acids is 9. The monoisotopic (exact) mass is 905 g/mol. The van der Waals surface area contributed by atoms with Crippen molar-refractivity contribution in [2.24, 2.45) is 38.7 Å². The Hall–Kier alpha value is -7.79. The van der Waals surface area contributed by atoms with E-state index in [1.165, 1.54) is 0 Å². The molecule has 1 aliphatic rings. The van der Waals surface area contributed by atoms with Crippen LogP contribution in [0.3, 0.4) is 0 Å². The van der Waals surface area contributed by atoms with Crippen LogP contribution in [0.15, 0.2) is 70.6 Å². The van der Waals surface area contributed by atoms with Crippen molar-refractivity contribution in [3.63, 3.8) is 0 Å². The van der Waals surface area contributed by atoms with Gasteiger partial charge in [-0.15, -0.1) is 0 Å². The molecule has 0 unspecified atom stereocenters. The number of rotatable bonds is 15. The van der Waals surface area contributed by atoms with Crippen molar-refractivity contribution >= 4 is 65.1 Å². The third-order valence-electron chi connectivity index (χ3n) is 9.63. The predicted octanol–water partition coefficient (Wildman–Crippen LogP) is -5.37. The summed E-state index contributed by atoms with van der Waals surface area (Å²) in [5, 5.41) is 20.1. The lowest BCUT2D eigenvalue weighted by Crippen LogP contribution is -2.58. The fourth-order valence-electron chi connectivity index (χ4n) is 6.37. The van der Waals surface area contributed by atoms with Crippen LogP contribution >= 0.6 is 0 Å². The van der Waals surface area contributed by atoms with E-state index in [1.54, 1.807) is 60.7 Å². The second-order valence-corrected chi connectivity index (χ2v) is 14.9. The number of aliphatic imine (C=N–C) groups is 2. The number of primary amides is 1. The quantitative estimate of drug-likeness (QED) is 0.0452. The molecule has 0 radical (unpaired) electrons. The van der Waals surface area contributed by atoms with Crippen LogP contribution in [0, 0.1) is 0 Å². The molecule has 1 fully saturated rings. The van der Waals surface area contributed by atoms with Crippen molar-refractivity contribution in [1.29, 1.82) is 0 Å². The van der Waals surface area contributed by atoms with Crippen LogP contribution in [0.2, 0.25) is 0 Å². The predicted molar refractivity (Wildman–Crippen MR) is 237 cm³/mol. The van der Waals surface area contributed by atoms with Gasteiger partial charge < -0.3 is 71.2 Å². The fourth-order valence-corrected chi connectivity index (χ4v) is 6.37. The lowest BCUT2D eigenvalue weighted by molar-refractivity contribution is -0.135. The summed E-state index contributed by atoms with van der Waals surface area (Å²) in [7, 11) is 0. The van der Waals surface area contributed by atoms with Crippen LogP contribution in [-0.4, -0.2) is 128 Å². The molecular formula is C41H59N15O9. The van der Waals surface area contributed by atoms with Gasteiger partial charge in [0.05, 0.1) is 19.6 Å². The minimum absolute atomic E-state index is 0.0148. The molecule has 1 saturated heterocycles. The molecule has 1 heterocycles. The minimum atomic E-state index is -1.48. The first kappa shape index (κ1) is 51.6. The van der Waals surface area contributed by atoms with Crippen LogP contribution in [0.5, 0.6) is 0 Å². The maximum atomic E-state index is 14.0. The van der Waals surface area contributed by atoms with Crippen LogP contribution in [0.4, 0.5) is 0 Å². The van der Waals surface area contributed by atoms with Gasteiger partial charge in [-0.2, -0.15) is 0 Å². The molecule has 9 amide bonds. The molecule has 65 heavy (non-hydrogen) atoms. The summed E-state index contributed by atoms with van der Waals surface area (Å²) >= 11 is 0. The normalized spacial score (nSPS) is 21.0. The van der Waals surface area contributed by atoms with E-state index in [1.807, 2.05) is 0 Å². The van der Waals surface area contributed by atoms with Crippen molar-refractivity contribution < 1.29 is 43.2 Å². The Morgan fingerprint density at radius 1 is 0.462 bits per heavy atom. The van der Waals surface area contributed by atoms with E-state index < -0.39 is 103 Å². The fraction of sp³-hybridized carbons (Fsp3) is 0.439. The van der Waals surface area contributed by atoms with Crippen LogP contribution < -0.4 is 71.2 Å². The summed E-state index contributed by atoms with van der Waals surface area (Å²) in [6.07, 6.45) is -0.525. The van der Waals surface area contributed by atoms with Gasteiger partial charge in [-0.05, 0) is 43.2 Å². The Bertz CT molecular complexity index is 2030. The zero-order valence-corrected chi connectivity index (χ0v) is 35.8. The maximum absolute atomic E-state index is 14.0. The average molecular weight is 906 g/mol. The molecule has 0 aliphatic carbocycles. The number of benzene rings is 2. The van der Waals surface area contributed by atoms with E-state index in [-0.39, 0.29) is 76.4 Å². The Balaban J connectivity index is 2.00. The highest BCUT2D eigenvalue weighted by Crippen LogP contribution is 2.09. The number of nitrogens with one attached hydrogen (secondary N) is 8. The Morgan fingerprint density at radius 2 is 0.800 bits per heavy atom. The number of amides is 9. The summed E-state index contributed by atoms with van der Waals surface area (Å²) < 4.78 is 0. The first-order chi connectivity index (χ1) is 31.0. The Labute approximate surface area is 374 Å². The summed E-state index contributed by atoms with van der Waals surface area (Å²) in [5.74, 6) is -7.84. The van der Waals surface area contributed by atoms with Crippen molar-refractivity contribution in [3.8, 4) is 0 Å². The molecular weight excluding hydrogens is 847 g/mol. The first-order valence-electron chi connectivity index (χ1n) is 20.8. The van der Waals surface area contributed by atoms with Crippen molar-refractivity contribution in [2.75, 3.05) is 32.7 Å². The molecule has 352 valence electrons. The largest absolute Gasteiger partial charge is 0.370 e. The Kier molecular flexibility index (Phi) is 21.7.